The molecule has 2 nitrogen and oxygen atoms in total. The summed E-state index contributed by atoms with van der Waals surface area (Å²) in [5, 5.41) is 2.84. The lowest BCUT2D eigenvalue weighted by Gasteiger charge is -1.86. The number of thiophene rings is 1. The lowest BCUT2D eigenvalue weighted by molar-refractivity contribution is 0.101. The van der Waals surface area contributed by atoms with E-state index in [1.54, 1.807) is 12.1 Å². The summed E-state index contributed by atoms with van der Waals surface area (Å²) in [6.07, 6.45) is 0. The van der Waals surface area contributed by atoms with Crippen molar-refractivity contribution >= 4 is 44.7 Å². The highest BCUT2D eigenvalue weighted by atomic mass is 32.1. The molecular formula is C10H4FNOS2. The molecule has 2 aromatic rings. The lowest BCUT2D eigenvalue weighted by Crippen LogP contribution is -1.87. The van der Waals surface area contributed by atoms with E-state index in [9.17, 15) is 9.18 Å². The Labute approximate surface area is 94.1 Å². The number of nitrogens with zero attached hydrogens (tertiary/aromatic N) is 1. The van der Waals surface area contributed by atoms with Crippen LogP contribution < -0.4 is 0 Å². The third-order valence-corrected chi connectivity index (χ3v) is 3.02. The third-order valence-electron chi connectivity index (χ3n) is 1.84. The summed E-state index contributed by atoms with van der Waals surface area (Å²) in [6.45, 7) is 0. The predicted molar refractivity (Wildman–Crippen MR) is 61.1 cm³/mol. The molecule has 0 aliphatic rings. The summed E-state index contributed by atoms with van der Waals surface area (Å²) in [5.74, 6) is -0.756. The van der Waals surface area contributed by atoms with Gasteiger partial charge in [-0.3, -0.25) is 4.79 Å². The summed E-state index contributed by atoms with van der Waals surface area (Å²) < 4.78 is 13.6. The molecule has 0 saturated heterocycles. The molecule has 74 valence electrons. The monoisotopic (exact) mass is 237 g/mol. The first kappa shape index (κ1) is 10.1. The normalized spacial score (nSPS) is 9.93. The van der Waals surface area contributed by atoms with E-state index in [1.165, 1.54) is 23.5 Å². The van der Waals surface area contributed by atoms with Crippen molar-refractivity contribution in [1.29, 1.82) is 0 Å². The van der Waals surface area contributed by atoms with Gasteiger partial charge in [0, 0.05) is 4.70 Å². The standard InChI is InChI=1S/C10H4FNOS2/c11-7-2-1-6-3-9(10(13)12-5-14)15-8(6)4-7/h1-4H. The molecule has 0 unspecified atom stereocenters. The Kier molecular flexibility index (Phi) is 2.68. The first-order valence-corrected chi connectivity index (χ1v) is 5.24. The molecule has 1 aromatic carbocycles. The van der Waals surface area contributed by atoms with Gasteiger partial charge in [0.15, 0.2) is 0 Å². The molecule has 0 bridgehead atoms. The van der Waals surface area contributed by atoms with Crippen LogP contribution in [0.15, 0.2) is 29.3 Å². The summed E-state index contributed by atoms with van der Waals surface area (Å²) in [5.41, 5.74) is 0. The fraction of sp³-hybridized carbons (Fsp3) is 0. The molecule has 1 amide bonds. The van der Waals surface area contributed by atoms with Gasteiger partial charge in [-0.15, -0.1) is 11.3 Å². The van der Waals surface area contributed by atoms with Crippen LogP contribution >= 0.6 is 23.6 Å². The average Bonchev–Trinajstić information content (AvgIpc) is 2.60. The highest BCUT2D eigenvalue weighted by Crippen LogP contribution is 2.26. The first-order valence-electron chi connectivity index (χ1n) is 4.02. The van der Waals surface area contributed by atoms with Crippen molar-refractivity contribution in [2.24, 2.45) is 4.99 Å². The van der Waals surface area contributed by atoms with Crippen molar-refractivity contribution in [2.45, 2.75) is 0 Å². The van der Waals surface area contributed by atoms with Crippen molar-refractivity contribution in [1.82, 2.24) is 0 Å². The number of carbonyl (C=O) groups excluding carboxylic acids is 1. The van der Waals surface area contributed by atoms with Crippen LogP contribution in [-0.2, 0) is 0 Å². The average molecular weight is 237 g/mol. The molecule has 5 heteroatoms. The number of amides is 1. The fourth-order valence-corrected chi connectivity index (χ4v) is 2.26. The van der Waals surface area contributed by atoms with Crippen molar-refractivity contribution in [2.75, 3.05) is 0 Å². The topological polar surface area (TPSA) is 29.4 Å². The van der Waals surface area contributed by atoms with Crippen LogP contribution in [0.25, 0.3) is 10.1 Å². The van der Waals surface area contributed by atoms with Crippen LogP contribution in [-0.4, -0.2) is 11.1 Å². The van der Waals surface area contributed by atoms with Crippen molar-refractivity contribution in [3.05, 3.63) is 35.0 Å². The van der Waals surface area contributed by atoms with Crippen LogP contribution in [0.3, 0.4) is 0 Å². The second-order valence-electron chi connectivity index (χ2n) is 2.80. The van der Waals surface area contributed by atoms with Gasteiger partial charge in [0.25, 0.3) is 5.91 Å². The molecule has 15 heavy (non-hydrogen) atoms. The Morgan fingerprint density at radius 1 is 1.47 bits per heavy atom. The van der Waals surface area contributed by atoms with Crippen LogP contribution in [0, 0.1) is 5.82 Å². The number of aliphatic imine (C=N–C) groups is 1. The molecule has 0 fully saturated rings. The number of fused-ring (bicyclic) bond motifs is 1. The Morgan fingerprint density at radius 2 is 2.27 bits per heavy atom. The smallest absolute Gasteiger partial charge is 0.265 e. The zero-order valence-corrected chi connectivity index (χ0v) is 8.99. The second-order valence-corrected chi connectivity index (χ2v) is 4.07. The zero-order chi connectivity index (χ0) is 10.8. The number of carbonyl (C=O) groups is 1. The van der Waals surface area contributed by atoms with Gasteiger partial charge in [0.2, 0.25) is 0 Å². The van der Waals surface area contributed by atoms with Gasteiger partial charge in [-0.05, 0) is 35.8 Å². The molecule has 0 N–H and O–H groups in total. The summed E-state index contributed by atoms with van der Waals surface area (Å²) in [6, 6.07) is 6.03. The van der Waals surface area contributed by atoms with Gasteiger partial charge in [-0.25, -0.2) is 4.39 Å². The second kappa shape index (κ2) is 3.98. The van der Waals surface area contributed by atoms with E-state index in [1.807, 2.05) is 5.16 Å². The van der Waals surface area contributed by atoms with Crippen molar-refractivity contribution in [3.63, 3.8) is 0 Å². The van der Waals surface area contributed by atoms with Crippen molar-refractivity contribution < 1.29 is 9.18 Å². The van der Waals surface area contributed by atoms with Crippen LogP contribution in [0.5, 0.6) is 0 Å². The number of benzene rings is 1. The Balaban J connectivity index is 2.56. The Bertz CT molecular complexity index is 584. The third kappa shape index (κ3) is 1.99. The molecule has 0 aliphatic heterocycles. The van der Waals surface area contributed by atoms with Crippen LogP contribution in [0.4, 0.5) is 4.39 Å². The maximum atomic E-state index is 12.9. The van der Waals surface area contributed by atoms with E-state index in [2.05, 4.69) is 17.2 Å². The van der Waals surface area contributed by atoms with Crippen LogP contribution in [0.2, 0.25) is 0 Å². The van der Waals surface area contributed by atoms with E-state index >= 15 is 0 Å². The SMILES string of the molecule is O=C(N=C=S)c1cc2ccc(F)cc2s1. The molecule has 0 radical (unpaired) electrons. The maximum Gasteiger partial charge on any atom is 0.295 e. The van der Waals surface area contributed by atoms with Gasteiger partial charge < -0.3 is 0 Å². The minimum absolute atomic E-state index is 0.318. The van der Waals surface area contributed by atoms with Gasteiger partial charge in [0.05, 0.1) is 10.0 Å². The lowest BCUT2D eigenvalue weighted by atomic mass is 10.2. The highest BCUT2D eigenvalue weighted by molar-refractivity contribution is 7.78. The highest BCUT2D eigenvalue weighted by Gasteiger charge is 2.09. The number of rotatable bonds is 1. The minimum atomic E-state index is -0.438. The van der Waals surface area contributed by atoms with E-state index in [-0.39, 0.29) is 5.82 Å². The largest absolute Gasteiger partial charge is 0.295 e. The molecule has 0 aliphatic carbocycles. The molecule has 0 saturated carbocycles. The number of hydrogen-bond acceptors (Lipinski definition) is 3. The van der Waals surface area contributed by atoms with E-state index in [4.69, 9.17) is 0 Å². The summed E-state index contributed by atoms with van der Waals surface area (Å²) in [7, 11) is 0. The number of isothiocyanates is 1. The molecule has 0 spiro atoms. The molecule has 2 rings (SSSR count). The number of thiocarbonyl (C=S) groups is 1. The molecular weight excluding hydrogens is 233 g/mol. The first-order chi connectivity index (χ1) is 7.20. The number of hydrogen-bond donors (Lipinski definition) is 0. The van der Waals surface area contributed by atoms with E-state index in [0.717, 1.165) is 10.1 Å². The zero-order valence-electron chi connectivity index (χ0n) is 7.36. The molecule has 0 atom stereocenters. The number of halogens is 1. The quantitative estimate of drug-likeness (QED) is 0.562. The fourth-order valence-electron chi connectivity index (χ4n) is 1.21. The Hall–Kier alpha value is -1.42. The Morgan fingerprint density at radius 3 is 3.00 bits per heavy atom. The van der Waals surface area contributed by atoms with Gasteiger partial charge in [-0.2, -0.15) is 4.99 Å². The van der Waals surface area contributed by atoms with Gasteiger partial charge in [0.1, 0.15) is 5.82 Å². The minimum Gasteiger partial charge on any atom is -0.265 e. The van der Waals surface area contributed by atoms with Crippen LogP contribution in [0.1, 0.15) is 9.67 Å². The molecule has 1 aromatic heterocycles. The maximum absolute atomic E-state index is 12.9. The predicted octanol–water partition coefficient (Wildman–Crippen LogP) is 3.28. The van der Waals surface area contributed by atoms with E-state index < -0.39 is 5.91 Å². The summed E-state index contributed by atoms with van der Waals surface area (Å²) in [4.78, 5) is 15.1. The van der Waals surface area contributed by atoms with Gasteiger partial charge >= 0.3 is 0 Å². The molecule has 1 heterocycles. The van der Waals surface area contributed by atoms with Gasteiger partial charge in [-0.1, -0.05) is 6.07 Å². The van der Waals surface area contributed by atoms with E-state index in [0.29, 0.717) is 4.88 Å². The van der Waals surface area contributed by atoms with Crippen molar-refractivity contribution in [3.8, 4) is 0 Å². The summed E-state index contributed by atoms with van der Waals surface area (Å²) >= 11 is 5.53.